The lowest BCUT2D eigenvalue weighted by molar-refractivity contribution is -0.114. The summed E-state index contributed by atoms with van der Waals surface area (Å²) in [7, 11) is 0. The van der Waals surface area contributed by atoms with E-state index >= 15 is 0 Å². The van der Waals surface area contributed by atoms with Crippen LogP contribution in [0, 0.1) is 5.82 Å². The van der Waals surface area contributed by atoms with Crippen LogP contribution in [0.4, 0.5) is 10.1 Å². The molecule has 0 aliphatic carbocycles. The highest BCUT2D eigenvalue weighted by molar-refractivity contribution is 6.18. The van der Waals surface area contributed by atoms with Crippen molar-refractivity contribution < 1.29 is 19.6 Å². The van der Waals surface area contributed by atoms with Gasteiger partial charge in [-0.3, -0.25) is 4.79 Å². The van der Waals surface area contributed by atoms with Gasteiger partial charge in [0.2, 0.25) is 5.91 Å². The van der Waals surface area contributed by atoms with Crippen molar-refractivity contribution in [1.29, 1.82) is 0 Å². The predicted octanol–water partition coefficient (Wildman–Crippen LogP) is 2.57. The van der Waals surface area contributed by atoms with Gasteiger partial charge in [-0.1, -0.05) is 28.5 Å². The Morgan fingerprint density at radius 1 is 1.15 bits per heavy atom. The molecule has 0 radical (unpaired) electrons. The minimum absolute atomic E-state index is 0. The van der Waals surface area contributed by atoms with Gasteiger partial charge in [0.05, 0.1) is 17.9 Å². The van der Waals surface area contributed by atoms with Crippen LogP contribution in [0.2, 0.25) is 0 Å². The first kappa shape index (κ1) is 21.1. The van der Waals surface area contributed by atoms with Crippen molar-refractivity contribution in [3.63, 3.8) is 0 Å². The smallest absolute Gasteiger partial charge is 0.238 e. The van der Waals surface area contributed by atoms with Gasteiger partial charge in [0.25, 0.3) is 0 Å². The van der Waals surface area contributed by atoms with Crippen LogP contribution in [0.1, 0.15) is 23.6 Å². The van der Waals surface area contributed by atoms with Crippen LogP contribution in [0.15, 0.2) is 52.8 Å². The quantitative estimate of drug-likeness (QED) is 0.362. The van der Waals surface area contributed by atoms with Gasteiger partial charge in [-0.2, -0.15) is 0 Å². The maximum Gasteiger partial charge on any atom is 0.238 e. The summed E-state index contributed by atoms with van der Waals surface area (Å²) in [6.07, 6.45) is 0. The second-order valence-corrected chi connectivity index (χ2v) is 5.13. The van der Waals surface area contributed by atoms with Crippen LogP contribution in [0.25, 0.3) is 0 Å². The molecule has 9 heteroatoms. The number of anilines is 1. The second-order valence-electron chi connectivity index (χ2n) is 5.13. The van der Waals surface area contributed by atoms with Crippen LogP contribution in [0.3, 0.4) is 0 Å². The number of nitrogens with one attached hydrogen (secondary N) is 1. The summed E-state index contributed by atoms with van der Waals surface area (Å²) in [6, 6.07) is 10.4. The first-order valence-electron chi connectivity index (χ1n) is 7.32. The molecule has 0 unspecified atom stereocenters. The Balaban J connectivity index is 0.00000338. The lowest BCUT2D eigenvalue weighted by Crippen LogP contribution is -2.23. The second kappa shape index (κ2) is 9.50. The molecule has 0 saturated heterocycles. The number of amides is 1. The number of oxime groups is 2. The number of benzene rings is 2. The van der Waals surface area contributed by atoms with Crippen LogP contribution >= 0.6 is 12.4 Å². The van der Waals surface area contributed by atoms with Crippen LogP contribution in [-0.4, -0.2) is 34.3 Å². The van der Waals surface area contributed by atoms with Crippen molar-refractivity contribution in [1.82, 2.24) is 0 Å². The normalized spacial score (nSPS) is 11.7. The summed E-state index contributed by atoms with van der Waals surface area (Å²) in [5, 5.41) is 27.3. The fourth-order valence-corrected chi connectivity index (χ4v) is 2.24. The number of hydrogen-bond acceptors (Lipinski definition) is 6. The van der Waals surface area contributed by atoms with E-state index in [2.05, 4.69) is 15.6 Å². The highest BCUT2D eigenvalue weighted by Gasteiger charge is 2.18. The molecule has 138 valence electrons. The highest BCUT2D eigenvalue weighted by atomic mass is 35.5. The van der Waals surface area contributed by atoms with Crippen LogP contribution in [0.5, 0.6) is 0 Å². The average molecular weight is 381 g/mol. The third-order valence-electron chi connectivity index (χ3n) is 3.53. The molecular weight excluding hydrogens is 363 g/mol. The molecular formula is C17H18ClFN4O3. The molecule has 0 saturated carbocycles. The summed E-state index contributed by atoms with van der Waals surface area (Å²) >= 11 is 0. The molecule has 5 N–H and O–H groups in total. The molecule has 0 spiro atoms. The molecule has 0 atom stereocenters. The monoisotopic (exact) mass is 380 g/mol. The van der Waals surface area contributed by atoms with Crippen LogP contribution < -0.4 is 11.1 Å². The molecule has 0 aliphatic rings. The number of nitrogens with zero attached hydrogens (tertiary/aromatic N) is 2. The summed E-state index contributed by atoms with van der Waals surface area (Å²) < 4.78 is 14.1. The number of rotatable bonds is 5. The Bertz CT molecular complexity index is 856. The first-order valence-corrected chi connectivity index (χ1v) is 7.32. The number of carbonyl (C=O) groups is 1. The van der Waals surface area contributed by atoms with Crippen molar-refractivity contribution >= 4 is 35.4 Å². The minimum Gasteiger partial charge on any atom is -0.411 e. The van der Waals surface area contributed by atoms with E-state index in [4.69, 9.17) is 10.9 Å². The molecule has 2 aromatic rings. The van der Waals surface area contributed by atoms with E-state index in [0.29, 0.717) is 11.3 Å². The number of nitrogens with two attached hydrogens (primary N) is 1. The number of halogens is 2. The third-order valence-corrected chi connectivity index (χ3v) is 3.53. The summed E-state index contributed by atoms with van der Waals surface area (Å²) in [6.45, 7) is 1.32. The molecule has 7 nitrogen and oxygen atoms in total. The Morgan fingerprint density at radius 2 is 1.85 bits per heavy atom. The molecule has 0 aromatic heterocycles. The largest absolute Gasteiger partial charge is 0.411 e. The molecule has 0 fully saturated rings. The summed E-state index contributed by atoms with van der Waals surface area (Å²) in [4.78, 5) is 11.6. The van der Waals surface area contributed by atoms with Crippen molar-refractivity contribution in [3.8, 4) is 0 Å². The van der Waals surface area contributed by atoms with Gasteiger partial charge in [0.1, 0.15) is 11.5 Å². The minimum atomic E-state index is -0.593. The van der Waals surface area contributed by atoms with E-state index in [1.807, 2.05) is 0 Å². The van der Waals surface area contributed by atoms with Crippen LogP contribution in [-0.2, 0) is 4.79 Å². The van der Waals surface area contributed by atoms with E-state index in [9.17, 15) is 14.4 Å². The van der Waals surface area contributed by atoms with E-state index in [-0.39, 0.29) is 41.5 Å². The highest BCUT2D eigenvalue weighted by Crippen LogP contribution is 2.24. The van der Waals surface area contributed by atoms with Gasteiger partial charge >= 0.3 is 0 Å². The summed E-state index contributed by atoms with van der Waals surface area (Å²) in [5.41, 5.74) is 6.59. The fraction of sp³-hybridized carbons (Fsp3) is 0.118. The molecule has 0 heterocycles. The average Bonchev–Trinajstić information content (AvgIpc) is 2.64. The van der Waals surface area contributed by atoms with Gasteiger partial charge in [0.15, 0.2) is 0 Å². The molecule has 26 heavy (non-hydrogen) atoms. The topological polar surface area (TPSA) is 120 Å². The maximum absolute atomic E-state index is 14.1. The lowest BCUT2D eigenvalue weighted by Gasteiger charge is -2.14. The molecule has 0 aliphatic heterocycles. The molecule has 2 aromatic carbocycles. The number of carbonyl (C=O) groups excluding carboxylic acids is 1. The fourth-order valence-electron chi connectivity index (χ4n) is 2.24. The number of hydrogen-bond donors (Lipinski definition) is 4. The molecule has 2 rings (SSSR count). The van der Waals surface area contributed by atoms with Gasteiger partial charge in [-0.25, -0.2) is 4.39 Å². The van der Waals surface area contributed by atoms with E-state index in [1.165, 1.54) is 30.3 Å². The zero-order chi connectivity index (χ0) is 18.4. The lowest BCUT2D eigenvalue weighted by atomic mass is 9.97. The van der Waals surface area contributed by atoms with Crippen molar-refractivity contribution in [3.05, 3.63) is 65.0 Å². The Kier molecular flexibility index (Phi) is 7.70. The van der Waals surface area contributed by atoms with Gasteiger partial charge in [0, 0.05) is 11.1 Å². The zero-order valence-electron chi connectivity index (χ0n) is 13.8. The first-order chi connectivity index (χ1) is 12.0. The van der Waals surface area contributed by atoms with Crippen molar-refractivity contribution in [2.24, 2.45) is 16.0 Å². The Morgan fingerprint density at radius 3 is 2.42 bits per heavy atom. The van der Waals surface area contributed by atoms with Gasteiger partial charge < -0.3 is 21.5 Å². The zero-order valence-corrected chi connectivity index (χ0v) is 14.6. The van der Waals surface area contributed by atoms with E-state index in [1.54, 1.807) is 19.1 Å². The van der Waals surface area contributed by atoms with Gasteiger partial charge in [-0.05, 0) is 36.8 Å². The Labute approximate surface area is 155 Å². The summed E-state index contributed by atoms with van der Waals surface area (Å²) in [5.74, 6) is -1.06. The predicted molar refractivity (Wildman–Crippen MR) is 99.2 cm³/mol. The van der Waals surface area contributed by atoms with Crippen molar-refractivity contribution in [2.45, 2.75) is 6.92 Å². The third kappa shape index (κ3) is 4.56. The molecule has 0 bridgehead atoms. The Hall–Kier alpha value is -2.97. The maximum atomic E-state index is 14.1. The standard InChI is InChI=1S/C17H17FN4O3.ClH/c1-10(21-24)11-6-7-15(20-16(23)9-19)13(8-11)17(22-25)12-4-2-3-5-14(12)18;/h2-8,24-25H,9,19H2,1H3,(H,20,23);1H/b21-10+,22-17+;. The molecule has 1 amide bonds. The van der Waals surface area contributed by atoms with E-state index in [0.717, 1.165) is 0 Å². The van der Waals surface area contributed by atoms with Crippen molar-refractivity contribution in [2.75, 3.05) is 11.9 Å². The van der Waals surface area contributed by atoms with Gasteiger partial charge in [-0.15, -0.1) is 12.4 Å². The SMILES string of the molecule is C/C(=N\O)c1ccc(NC(=O)CN)c(/C(=N/O)c2ccccc2F)c1.Cl. The van der Waals surface area contributed by atoms with E-state index < -0.39 is 11.7 Å².